The van der Waals surface area contributed by atoms with Crippen molar-refractivity contribution in [3.05, 3.63) is 51.8 Å². The van der Waals surface area contributed by atoms with Crippen molar-refractivity contribution in [2.45, 2.75) is 31.7 Å². The van der Waals surface area contributed by atoms with E-state index in [-0.39, 0.29) is 5.41 Å². The molecular formula is C16H19Cl2N3. The molecule has 1 aromatic heterocycles. The molecule has 1 fully saturated rings. The summed E-state index contributed by atoms with van der Waals surface area (Å²) in [4.78, 5) is 0. The Labute approximate surface area is 135 Å². The Kier molecular flexibility index (Phi) is 4.25. The van der Waals surface area contributed by atoms with Gasteiger partial charge in [0.1, 0.15) is 0 Å². The molecule has 1 aliphatic rings. The highest BCUT2D eigenvalue weighted by Crippen LogP contribution is 2.38. The highest BCUT2D eigenvalue weighted by atomic mass is 35.5. The van der Waals surface area contributed by atoms with Crippen LogP contribution in [-0.2, 0) is 12.0 Å². The zero-order valence-corrected chi connectivity index (χ0v) is 13.6. The number of aromatic nitrogens is 2. The van der Waals surface area contributed by atoms with Crippen LogP contribution in [0.2, 0.25) is 10.0 Å². The molecule has 0 unspecified atom stereocenters. The maximum atomic E-state index is 6.24. The molecular weight excluding hydrogens is 305 g/mol. The van der Waals surface area contributed by atoms with Crippen LogP contribution in [0.4, 0.5) is 0 Å². The highest BCUT2D eigenvalue weighted by Gasteiger charge is 2.35. The smallest absolute Gasteiger partial charge is 0.0595 e. The molecule has 2 aromatic rings. The molecule has 0 atom stereocenters. The topological polar surface area (TPSA) is 29.9 Å². The third kappa shape index (κ3) is 2.96. The maximum Gasteiger partial charge on any atom is 0.0595 e. The van der Waals surface area contributed by atoms with Gasteiger partial charge in [-0.1, -0.05) is 29.3 Å². The van der Waals surface area contributed by atoms with Crippen molar-refractivity contribution in [2.24, 2.45) is 0 Å². The first-order valence-corrected chi connectivity index (χ1v) is 8.01. The molecule has 0 spiro atoms. The SMILES string of the molecule is Cc1ccnn1CC1(c2ccc(Cl)c(Cl)c2)CCNCC1. The summed E-state index contributed by atoms with van der Waals surface area (Å²) in [6.07, 6.45) is 4.01. The molecule has 21 heavy (non-hydrogen) atoms. The minimum atomic E-state index is 0.0657. The maximum absolute atomic E-state index is 6.24. The average molecular weight is 324 g/mol. The van der Waals surface area contributed by atoms with Crippen LogP contribution in [-0.4, -0.2) is 22.9 Å². The number of benzene rings is 1. The van der Waals surface area contributed by atoms with E-state index >= 15 is 0 Å². The monoisotopic (exact) mass is 323 g/mol. The van der Waals surface area contributed by atoms with Crippen LogP contribution >= 0.6 is 23.2 Å². The van der Waals surface area contributed by atoms with Gasteiger partial charge in [-0.15, -0.1) is 0 Å². The molecule has 1 aliphatic heterocycles. The van der Waals surface area contributed by atoms with E-state index in [4.69, 9.17) is 23.2 Å². The van der Waals surface area contributed by atoms with E-state index in [1.165, 1.54) is 11.3 Å². The van der Waals surface area contributed by atoms with Crippen LogP contribution in [0.15, 0.2) is 30.5 Å². The van der Waals surface area contributed by atoms with Gasteiger partial charge in [0.2, 0.25) is 0 Å². The van der Waals surface area contributed by atoms with Gasteiger partial charge in [0.15, 0.2) is 0 Å². The Hall–Kier alpha value is -1.03. The zero-order valence-electron chi connectivity index (χ0n) is 12.1. The highest BCUT2D eigenvalue weighted by molar-refractivity contribution is 6.42. The molecule has 1 N–H and O–H groups in total. The lowest BCUT2D eigenvalue weighted by atomic mass is 9.73. The molecule has 2 heterocycles. The van der Waals surface area contributed by atoms with Gasteiger partial charge in [0, 0.05) is 17.3 Å². The van der Waals surface area contributed by atoms with Crippen molar-refractivity contribution in [1.29, 1.82) is 0 Å². The van der Waals surface area contributed by atoms with Crippen LogP contribution < -0.4 is 5.32 Å². The number of nitrogens with one attached hydrogen (secondary N) is 1. The van der Waals surface area contributed by atoms with E-state index in [0.29, 0.717) is 10.0 Å². The van der Waals surface area contributed by atoms with Crippen molar-refractivity contribution >= 4 is 23.2 Å². The fourth-order valence-corrected chi connectivity index (χ4v) is 3.42. The molecule has 3 nitrogen and oxygen atoms in total. The van der Waals surface area contributed by atoms with E-state index in [1.807, 2.05) is 24.4 Å². The number of nitrogens with zero attached hydrogens (tertiary/aromatic N) is 2. The van der Waals surface area contributed by atoms with Gasteiger partial charge in [-0.05, 0) is 56.6 Å². The van der Waals surface area contributed by atoms with Crippen LogP contribution in [0.25, 0.3) is 0 Å². The number of halogens is 2. The molecule has 0 amide bonds. The first kappa shape index (κ1) is 14.9. The second-order valence-electron chi connectivity index (χ2n) is 5.79. The molecule has 0 radical (unpaired) electrons. The molecule has 1 aromatic carbocycles. The van der Waals surface area contributed by atoms with Crippen molar-refractivity contribution in [1.82, 2.24) is 15.1 Å². The average Bonchev–Trinajstić information content (AvgIpc) is 2.88. The molecule has 1 saturated heterocycles. The van der Waals surface area contributed by atoms with Gasteiger partial charge in [-0.25, -0.2) is 0 Å². The summed E-state index contributed by atoms with van der Waals surface area (Å²) in [5, 5.41) is 9.14. The lowest BCUT2D eigenvalue weighted by Crippen LogP contribution is -2.43. The Balaban J connectivity index is 1.99. The fraction of sp³-hybridized carbons (Fsp3) is 0.438. The van der Waals surface area contributed by atoms with Crippen molar-refractivity contribution in [3.63, 3.8) is 0 Å². The first-order chi connectivity index (χ1) is 10.1. The van der Waals surface area contributed by atoms with E-state index in [9.17, 15) is 0 Å². The number of hydrogen-bond acceptors (Lipinski definition) is 2. The summed E-state index contributed by atoms with van der Waals surface area (Å²) in [5.74, 6) is 0. The number of hydrogen-bond donors (Lipinski definition) is 1. The largest absolute Gasteiger partial charge is 0.317 e. The Morgan fingerprint density at radius 3 is 2.57 bits per heavy atom. The predicted octanol–water partition coefficient (Wildman–Crippen LogP) is 3.82. The quantitative estimate of drug-likeness (QED) is 0.930. The number of piperidine rings is 1. The normalized spacial score (nSPS) is 17.9. The van der Waals surface area contributed by atoms with Gasteiger partial charge < -0.3 is 5.32 Å². The van der Waals surface area contributed by atoms with E-state index in [0.717, 1.165) is 32.5 Å². The summed E-state index contributed by atoms with van der Waals surface area (Å²) in [6, 6.07) is 8.08. The third-order valence-electron chi connectivity index (χ3n) is 4.47. The fourth-order valence-electron chi connectivity index (χ4n) is 3.12. The summed E-state index contributed by atoms with van der Waals surface area (Å²) < 4.78 is 2.09. The van der Waals surface area contributed by atoms with Crippen LogP contribution in [0.3, 0.4) is 0 Å². The van der Waals surface area contributed by atoms with Gasteiger partial charge in [-0.2, -0.15) is 5.10 Å². The zero-order chi connectivity index (χ0) is 14.9. The minimum Gasteiger partial charge on any atom is -0.317 e. The van der Waals surface area contributed by atoms with Crippen LogP contribution in [0.1, 0.15) is 24.1 Å². The van der Waals surface area contributed by atoms with E-state index < -0.39 is 0 Å². The summed E-state index contributed by atoms with van der Waals surface area (Å²) in [6.45, 7) is 5.00. The van der Waals surface area contributed by atoms with Crippen molar-refractivity contribution in [2.75, 3.05) is 13.1 Å². The van der Waals surface area contributed by atoms with Gasteiger partial charge in [0.05, 0.1) is 16.6 Å². The third-order valence-corrected chi connectivity index (χ3v) is 5.21. The molecule has 3 rings (SSSR count). The van der Waals surface area contributed by atoms with E-state index in [2.05, 4.69) is 28.1 Å². The minimum absolute atomic E-state index is 0.0657. The first-order valence-electron chi connectivity index (χ1n) is 7.25. The molecule has 5 heteroatoms. The van der Waals surface area contributed by atoms with Gasteiger partial charge in [-0.3, -0.25) is 4.68 Å². The van der Waals surface area contributed by atoms with Gasteiger partial charge >= 0.3 is 0 Å². The molecule has 0 bridgehead atoms. The second kappa shape index (κ2) is 5.99. The summed E-state index contributed by atoms with van der Waals surface area (Å²) >= 11 is 12.3. The standard InChI is InChI=1S/C16H19Cl2N3/c1-12-4-7-20-21(12)11-16(5-8-19-9-6-16)13-2-3-14(17)15(18)10-13/h2-4,7,10,19H,5-6,8-9,11H2,1H3. The van der Waals surface area contributed by atoms with Gasteiger partial charge in [0.25, 0.3) is 0 Å². The van der Waals surface area contributed by atoms with Crippen LogP contribution in [0, 0.1) is 6.92 Å². The number of rotatable bonds is 3. The Bertz CT molecular complexity index is 630. The number of aryl methyl sites for hydroxylation is 1. The van der Waals surface area contributed by atoms with Crippen molar-refractivity contribution < 1.29 is 0 Å². The molecule has 0 saturated carbocycles. The lowest BCUT2D eigenvalue weighted by molar-refractivity contribution is 0.257. The predicted molar refractivity (Wildman–Crippen MR) is 87.2 cm³/mol. The molecule has 112 valence electrons. The Morgan fingerprint density at radius 2 is 1.95 bits per heavy atom. The lowest BCUT2D eigenvalue weighted by Gasteiger charge is -2.38. The summed E-state index contributed by atoms with van der Waals surface area (Å²) in [5.41, 5.74) is 2.51. The van der Waals surface area contributed by atoms with Crippen LogP contribution in [0.5, 0.6) is 0 Å². The Morgan fingerprint density at radius 1 is 1.19 bits per heavy atom. The summed E-state index contributed by atoms with van der Waals surface area (Å²) in [7, 11) is 0. The second-order valence-corrected chi connectivity index (χ2v) is 6.60. The molecule has 0 aliphatic carbocycles. The van der Waals surface area contributed by atoms with Crippen molar-refractivity contribution in [3.8, 4) is 0 Å². The van der Waals surface area contributed by atoms with E-state index in [1.54, 1.807) is 0 Å².